The Morgan fingerprint density at radius 1 is 1.24 bits per heavy atom. The van der Waals surface area contributed by atoms with Crippen molar-refractivity contribution in [1.82, 2.24) is 0 Å². The fourth-order valence-electron chi connectivity index (χ4n) is 1.64. The number of methoxy groups -OCH3 is 1. The average molecular weight is 238 g/mol. The van der Waals surface area contributed by atoms with Crippen molar-refractivity contribution >= 4 is 0 Å². The molecule has 96 valence electrons. The Bertz CT molecular complexity index is 345. The lowest BCUT2D eigenvalue weighted by Crippen LogP contribution is -2.09. The zero-order valence-corrected chi connectivity index (χ0v) is 11.1. The van der Waals surface area contributed by atoms with Crippen LogP contribution in [0.25, 0.3) is 0 Å². The lowest BCUT2D eigenvalue weighted by Gasteiger charge is -2.16. The van der Waals surface area contributed by atoms with Crippen molar-refractivity contribution in [3.63, 3.8) is 0 Å². The minimum Gasteiger partial charge on any atom is -0.493 e. The van der Waals surface area contributed by atoms with Gasteiger partial charge in [0.05, 0.1) is 19.8 Å². The molecule has 1 rings (SSSR count). The van der Waals surface area contributed by atoms with Crippen molar-refractivity contribution in [2.75, 3.05) is 13.7 Å². The Balaban J connectivity index is 2.89. The van der Waals surface area contributed by atoms with E-state index in [0.717, 1.165) is 17.1 Å². The van der Waals surface area contributed by atoms with Gasteiger partial charge >= 0.3 is 0 Å². The summed E-state index contributed by atoms with van der Waals surface area (Å²) in [7, 11) is 1.63. The maximum absolute atomic E-state index is 9.44. The molecule has 0 aliphatic rings. The molecule has 0 aliphatic heterocycles. The smallest absolute Gasteiger partial charge is 0.164 e. The summed E-state index contributed by atoms with van der Waals surface area (Å²) in [5.41, 5.74) is 0.976. The third-order valence-corrected chi connectivity index (χ3v) is 2.35. The van der Waals surface area contributed by atoms with Crippen LogP contribution in [-0.2, 0) is 6.42 Å². The van der Waals surface area contributed by atoms with E-state index in [1.807, 2.05) is 18.2 Å². The second-order valence-electron chi connectivity index (χ2n) is 4.71. The molecule has 0 spiro atoms. The summed E-state index contributed by atoms with van der Waals surface area (Å²) in [6, 6.07) is 5.77. The molecule has 1 aromatic carbocycles. The van der Waals surface area contributed by atoms with Gasteiger partial charge in [-0.2, -0.15) is 0 Å². The van der Waals surface area contributed by atoms with Crippen molar-refractivity contribution in [3.8, 4) is 11.5 Å². The van der Waals surface area contributed by atoms with E-state index < -0.39 is 0 Å². The van der Waals surface area contributed by atoms with Crippen LogP contribution in [0.15, 0.2) is 18.2 Å². The zero-order valence-electron chi connectivity index (χ0n) is 11.1. The van der Waals surface area contributed by atoms with Crippen LogP contribution in [0.2, 0.25) is 0 Å². The van der Waals surface area contributed by atoms with Crippen LogP contribution in [0.5, 0.6) is 11.5 Å². The third kappa shape index (κ3) is 4.27. The number of rotatable bonds is 6. The summed E-state index contributed by atoms with van der Waals surface area (Å²) in [5, 5.41) is 9.44. The maximum Gasteiger partial charge on any atom is 0.164 e. The molecule has 3 heteroatoms. The molecule has 0 saturated carbocycles. The minimum absolute atomic E-state index is 0.385. The zero-order chi connectivity index (χ0) is 12.8. The molecular formula is C14H22O3. The first-order valence-electron chi connectivity index (χ1n) is 6.01. The van der Waals surface area contributed by atoms with Crippen molar-refractivity contribution in [1.29, 1.82) is 0 Å². The van der Waals surface area contributed by atoms with Crippen LogP contribution in [0.3, 0.4) is 0 Å². The predicted octanol–water partition coefficient (Wildman–Crippen LogP) is 2.65. The highest BCUT2D eigenvalue weighted by molar-refractivity contribution is 5.46. The molecule has 3 nitrogen and oxygen atoms in total. The molecule has 0 heterocycles. The molecule has 1 N–H and O–H groups in total. The molecule has 0 aliphatic carbocycles. The summed E-state index contributed by atoms with van der Waals surface area (Å²) in [4.78, 5) is 0. The van der Waals surface area contributed by atoms with Gasteiger partial charge in [-0.15, -0.1) is 0 Å². The summed E-state index contributed by atoms with van der Waals surface area (Å²) < 4.78 is 11.1. The Kier molecular flexibility index (Phi) is 5.29. The number of hydrogen-bond acceptors (Lipinski definition) is 3. The first-order valence-corrected chi connectivity index (χ1v) is 6.01. The fraction of sp³-hybridized carbons (Fsp3) is 0.571. The van der Waals surface area contributed by atoms with Crippen molar-refractivity contribution in [2.45, 2.75) is 33.3 Å². The van der Waals surface area contributed by atoms with Gasteiger partial charge in [0.1, 0.15) is 0 Å². The van der Waals surface area contributed by atoms with E-state index >= 15 is 0 Å². The van der Waals surface area contributed by atoms with Gasteiger partial charge in [-0.1, -0.05) is 26.0 Å². The standard InChI is InChI=1S/C14H22O3/c1-10(2)9-17-13-7-5-6-12(8-11(3)15)14(13)16-4/h5-7,10-11,15H,8-9H2,1-4H3. The van der Waals surface area contributed by atoms with Crippen molar-refractivity contribution in [3.05, 3.63) is 23.8 Å². The van der Waals surface area contributed by atoms with Crippen LogP contribution in [0.1, 0.15) is 26.3 Å². The van der Waals surface area contributed by atoms with Crippen LogP contribution >= 0.6 is 0 Å². The molecule has 17 heavy (non-hydrogen) atoms. The lowest BCUT2D eigenvalue weighted by molar-refractivity contribution is 0.193. The predicted molar refractivity (Wildman–Crippen MR) is 68.7 cm³/mol. The van der Waals surface area contributed by atoms with E-state index in [1.54, 1.807) is 14.0 Å². The molecule has 0 bridgehead atoms. The SMILES string of the molecule is COc1c(CC(C)O)cccc1OCC(C)C. The van der Waals surface area contributed by atoms with Gasteiger partial charge in [0.15, 0.2) is 11.5 Å². The largest absolute Gasteiger partial charge is 0.493 e. The second-order valence-corrected chi connectivity index (χ2v) is 4.71. The Morgan fingerprint density at radius 3 is 2.47 bits per heavy atom. The van der Waals surface area contributed by atoms with Crippen molar-refractivity contribution < 1.29 is 14.6 Å². The van der Waals surface area contributed by atoms with E-state index in [9.17, 15) is 5.11 Å². The summed E-state index contributed by atoms with van der Waals surface area (Å²) in [5.74, 6) is 1.95. The van der Waals surface area contributed by atoms with E-state index in [2.05, 4.69) is 13.8 Å². The Hall–Kier alpha value is -1.22. The van der Waals surface area contributed by atoms with Crippen molar-refractivity contribution in [2.24, 2.45) is 5.92 Å². The molecule has 0 fully saturated rings. The van der Waals surface area contributed by atoms with E-state index in [4.69, 9.17) is 9.47 Å². The summed E-state index contributed by atoms with van der Waals surface area (Å²) >= 11 is 0. The van der Waals surface area contributed by atoms with E-state index in [-0.39, 0.29) is 6.10 Å². The highest BCUT2D eigenvalue weighted by Crippen LogP contribution is 2.32. The Morgan fingerprint density at radius 2 is 1.94 bits per heavy atom. The second kappa shape index (κ2) is 6.50. The molecule has 0 amide bonds. The minimum atomic E-state index is -0.385. The molecular weight excluding hydrogens is 216 g/mol. The monoisotopic (exact) mass is 238 g/mol. The molecule has 0 saturated heterocycles. The van der Waals surface area contributed by atoms with Crippen LogP contribution in [0.4, 0.5) is 0 Å². The first kappa shape index (κ1) is 13.8. The molecule has 1 atom stereocenters. The van der Waals surface area contributed by atoms with Gasteiger partial charge in [0.25, 0.3) is 0 Å². The number of para-hydroxylation sites is 1. The topological polar surface area (TPSA) is 38.7 Å². The molecule has 1 unspecified atom stereocenters. The third-order valence-electron chi connectivity index (χ3n) is 2.35. The Labute approximate surface area is 103 Å². The first-order chi connectivity index (χ1) is 8.04. The van der Waals surface area contributed by atoms with E-state index in [0.29, 0.717) is 18.9 Å². The van der Waals surface area contributed by atoms with Gasteiger partial charge in [0.2, 0.25) is 0 Å². The van der Waals surface area contributed by atoms with Crippen LogP contribution < -0.4 is 9.47 Å². The van der Waals surface area contributed by atoms with Crippen LogP contribution in [-0.4, -0.2) is 24.9 Å². The summed E-state index contributed by atoms with van der Waals surface area (Å²) in [6.07, 6.45) is 0.187. The highest BCUT2D eigenvalue weighted by Gasteiger charge is 2.12. The lowest BCUT2D eigenvalue weighted by atomic mass is 10.1. The fourth-order valence-corrected chi connectivity index (χ4v) is 1.64. The van der Waals surface area contributed by atoms with E-state index in [1.165, 1.54) is 0 Å². The van der Waals surface area contributed by atoms with Gasteiger partial charge < -0.3 is 14.6 Å². The average Bonchev–Trinajstić information content (AvgIpc) is 2.25. The number of hydrogen-bond donors (Lipinski definition) is 1. The van der Waals surface area contributed by atoms with Gasteiger partial charge in [0, 0.05) is 12.0 Å². The van der Waals surface area contributed by atoms with Gasteiger partial charge in [-0.05, 0) is 18.9 Å². The number of ether oxygens (including phenoxy) is 2. The number of aliphatic hydroxyl groups excluding tert-OH is 1. The molecule has 1 aromatic rings. The number of benzene rings is 1. The summed E-state index contributed by atoms with van der Waals surface area (Å²) in [6.45, 7) is 6.63. The molecule has 0 radical (unpaired) electrons. The maximum atomic E-state index is 9.44. The molecule has 0 aromatic heterocycles. The van der Waals surface area contributed by atoms with Gasteiger partial charge in [-0.25, -0.2) is 0 Å². The number of aliphatic hydroxyl groups is 1. The normalized spacial score (nSPS) is 12.6. The highest BCUT2D eigenvalue weighted by atomic mass is 16.5. The van der Waals surface area contributed by atoms with Gasteiger partial charge in [-0.3, -0.25) is 0 Å². The van der Waals surface area contributed by atoms with Crippen LogP contribution in [0, 0.1) is 5.92 Å². The quantitative estimate of drug-likeness (QED) is 0.828.